The van der Waals surface area contributed by atoms with Crippen LogP contribution in [0.1, 0.15) is 33.3 Å². The quantitative estimate of drug-likeness (QED) is 0.241. The molecule has 0 spiro atoms. The number of nitrogens with zero attached hydrogens (tertiary/aromatic N) is 5. The van der Waals surface area contributed by atoms with Crippen LogP contribution >= 0.6 is 0 Å². The van der Waals surface area contributed by atoms with E-state index in [1.165, 1.54) is 28.8 Å². The van der Waals surface area contributed by atoms with Gasteiger partial charge in [-0.05, 0) is 63.8 Å². The van der Waals surface area contributed by atoms with Gasteiger partial charge in [-0.1, -0.05) is 42.5 Å². The number of anilines is 2. The van der Waals surface area contributed by atoms with Gasteiger partial charge in [-0.3, -0.25) is 0 Å². The summed E-state index contributed by atoms with van der Waals surface area (Å²) in [4.78, 5) is 39.5. The number of carbonyl (C=O) groups excluding carboxylic acids is 1. The Kier molecular flexibility index (Phi) is 7.42. The van der Waals surface area contributed by atoms with Crippen molar-refractivity contribution in [3.05, 3.63) is 88.3 Å². The average Bonchev–Trinajstić information content (AvgIpc) is 2.97. The highest BCUT2D eigenvalue weighted by Gasteiger charge is 2.33. The number of benzene rings is 3. The summed E-state index contributed by atoms with van der Waals surface area (Å²) in [5, 5.41) is 1.92. The maximum Gasteiger partial charge on any atom is 0.410 e. The number of nitrogens with two attached hydrogens (primary N) is 1. The topological polar surface area (TPSA) is 107 Å². The number of hydrogen-bond donors (Lipinski definition) is 1. The van der Waals surface area contributed by atoms with Crippen molar-refractivity contribution in [1.82, 2.24) is 19.4 Å². The van der Waals surface area contributed by atoms with Crippen molar-refractivity contribution in [3.8, 4) is 16.9 Å². The van der Waals surface area contributed by atoms with Crippen molar-refractivity contribution in [2.45, 2.75) is 46.3 Å². The molecule has 3 aromatic carbocycles. The average molecular weight is 613 g/mol. The molecule has 5 aromatic rings. The molecule has 232 valence electrons. The Morgan fingerprint density at radius 3 is 2.44 bits per heavy atom. The molecule has 1 amide bonds. The molecule has 1 fully saturated rings. The predicted octanol–water partition coefficient (Wildman–Crippen LogP) is 6.22. The summed E-state index contributed by atoms with van der Waals surface area (Å²) in [7, 11) is 0. The molecule has 11 heteroatoms. The van der Waals surface area contributed by atoms with Crippen molar-refractivity contribution in [1.29, 1.82) is 0 Å². The van der Waals surface area contributed by atoms with Crippen LogP contribution in [0.5, 0.6) is 0 Å². The molecule has 2 N–H and O–H groups in total. The SMILES string of the molecule is Cc1ccc2ccccc2c1-n1c(=O)nc(N2CCN(C(=O)OC(C)(C)C)C[C@@H]2C)c2cc(F)c(-c3c(N)cccc3F)nc21. The number of amides is 1. The first kappa shape index (κ1) is 30.0. The van der Waals surface area contributed by atoms with Crippen LogP contribution in [0.15, 0.2) is 65.5 Å². The second-order valence-electron chi connectivity index (χ2n) is 12.4. The Labute approximate surface area is 258 Å². The van der Waals surface area contributed by atoms with Gasteiger partial charge in [0.2, 0.25) is 0 Å². The Morgan fingerprint density at radius 1 is 0.978 bits per heavy atom. The predicted molar refractivity (Wildman–Crippen MR) is 172 cm³/mol. The number of piperazine rings is 1. The zero-order valence-corrected chi connectivity index (χ0v) is 25.8. The van der Waals surface area contributed by atoms with Gasteiger partial charge in [0.1, 0.15) is 22.9 Å². The molecule has 0 bridgehead atoms. The summed E-state index contributed by atoms with van der Waals surface area (Å²) in [5.41, 5.74) is 5.73. The molecule has 45 heavy (non-hydrogen) atoms. The van der Waals surface area contributed by atoms with Gasteiger partial charge in [0.15, 0.2) is 11.5 Å². The lowest BCUT2D eigenvalue weighted by Gasteiger charge is -2.41. The zero-order valence-electron chi connectivity index (χ0n) is 25.8. The number of rotatable bonds is 3. The third kappa shape index (κ3) is 5.43. The third-order valence-corrected chi connectivity index (χ3v) is 7.96. The molecule has 0 saturated carbocycles. The fourth-order valence-corrected chi connectivity index (χ4v) is 5.92. The van der Waals surface area contributed by atoms with E-state index in [4.69, 9.17) is 10.5 Å². The van der Waals surface area contributed by atoms with E-state index >= 15 is 8.78 Å². The minimum Gasteiger partial charge on any atom is -0.444 e. The molecule has 1 aliphatic rings. The highest BCUT2D eigenvalue weighted by molar-refractivity contribution is 5.96. The first-order valence-electron chi connectivity index (χ1n) is 14.7. The standard InChI is InChI=1S/C34H34F2N6O3/c1-19-13-14-21-9-6-7-10-22(21)29(19)42-31-23(17-25(36)28(38-31)27-24(35)11-8-12-26(27)37)30(39-32(42)43)41-16-15-40(18-20(41)2)33(44)45-34(3,4)5/h6-14,17,20H,15-16,18,37H2,1-5H3/t20-/m0/s1. The van der Waals surface area contributed by atoms with E-state index in [9.17, 15) is 9.59 Å². The van der Waals surface area contributed by atoms with E-state index in [-0.39, 0.29) is 39.8 Å². The Hall–Kier alpha value is -5.06. The van der Waals surface area contributed by atoms with Crippen LogP contribution < -0.4 is 16.3 Å². The molecule has 0 aliphatic carbocycles. The second-order valence-corrected chi connectivity index (χ2v) is 12.4. The minimum atomic E-state index is -0.817. The van der Waals surface area contributed by atoms with E-state index in [0.717, 1.165) is 16.3 Å². The van der Waals surface area contributed by atoms with Gasteiger partial charge >= 0.3 is 11.8 Å². The van der Waals surface area contributed by atoms with Crippen molar-refractivity contribution >= 4 is 39.4 Å². The lowest BCUT2D eigenvalue weighted by atomic mass is 10.0. The summed E-state index contributed by atoms with van der Waals surface area (Å²) in [5.74, 6) is -1.33. The molecule has 0 unspecified atom stereocenters. The van der Waals surface area contributed by atoms with Gasteiger partial charge in [0.25, 0.3) is 0 Å². The fourth-order valence-electron chi connectivity index (χ4n) is 5.92. The van der Waals surface area contributed by atoms with Crippen LogP contribution in [0.4, 0.5) is 25.1 Å². The van der Waals surface area contributed by atoms with Gasteiger partial charge in [0.05, 0.1) is 16.6 Å². The molecule has 1 aliphatic heterocycles. The monoisotopic (exact) mass is 612 g/mol. The van der Waals surface area contributed by atoms with Gasteiger partial charge in [-0.2, -0.15) is 4.98 Å². The van der Waals surface area contributed by atoms with Crippen LogP contribution in [-0.4, -0.2) is 56.8 Å². The van der Waals surface area contributed by atoms with E-state index in [1.54, 1.807) is 25.7 Å². The summed E-state index contributed by atoms with van der Waals surface area (Å²) < 4.78 is 38.0. The number of hydrogen-bond acceptors (Lipinski definition) is 7. The number of halogens is 2. The van der Waals surface area contributed by atoms with Crippen LogP contribution in [0.3, 0.4) is 0 Å². The smallest absolute Gasteiger partial charge is 0.410 e. The Morgan fingerprint density at radius 2 is 1.73 bits per heavy atom. The number of ether oxygens (including phenoxy) is 1. The molecule has 9 nitrogen and oxygen atoms in total. The fraction of sp³-hybridized carbons (Fsp3) is 0.294. The van der Waals surface area contributed by atoms with Crippen LogP contribution in [-0.2, 0) is 4.74 Å². The summed E-state index contributed by atoms with van der Waals surface area (Å²) in [6, 6.07) is 16.4. The number of aromatic nitrogens is 3. The molecule has 2 aromatic heterocycles. The molecule has 0 radical (unpaired) electrons. The lowest BCUT2D eigenvalue weighted by molar-refractivity contribution is 0.0218. The van der Waals surface area contributed by atoms with E-state index in [2.05, 4.69) is 9.97 Å². The third-order valence-electron chi connectivity index (χ3n) is 7.96. The van der Waals surface area contributed by atoms with Crippen molar-refractivity contribution in [2.75, 3.05) is 30.3 Å². The van der Waals surface area contributed by atoms with E-state index < -0.39 is 29.0 Å². The molecule has 6 rings (SSSR count). The Balaban J connectivity index is 1.58. The normalized spacial score (nSPS) is 15.6. The summed E-state index contributed by atoms with van der Waals surface area (Å²) >= 11 is 0. The maximum atomic E-state index is 16.0. The lowest BCUT2D eigenvalue weighted by Crippen LogP contribution is -2.55. The van der Waals surface area contributed by atoms with Gasteiger partial charge < -0.3 is 20.3 Å². The van der Waals surface area contributed by atoms with Crippen LogP contribution in [0, 0.1) is 18.6 Å². The van der Waals surface area contributed by atoms with Crippen molar-refractivity contribution in [2.24, 2.45) is 0 Å². The number of nitrogen functional groups attached to an aromatic ring is 1. The van der Waals surface area contributed by atoms with Crippen molar-refractivity contribution < 1.29 is 18.3 Å². The van der Waals surface area contributed by atoms with Gasteiger partial charge in [-0.15, -0.1) is 0 Å². The first-order valence-corrected chi connectivity index (χ1v) is 14.7. The van der Waals surface area contributed by atoms with Gasteiger partial charge in [0, 0.05) is 36.7 Å². The van der Waals surface area contributed by atoms with Crippen LogP contribution in [0.2, 0.25) is 0 Å². The number of aryl methyl sites for hydroxylation is 1. The maximum absolute atomic E-state index is 16.0. The van der Waals surface area contributed by atoms with E-state index in [0.29, 0.717) is 25.3 Å². The summed E-state index contributed by atoms with van der Waals surface area (Å²) in [6.07, 6.45) is -0.437. The van der Waals surface area contributed by atoms with Crippen LogP contribution in [0.25, 0.3) is 38.8 Å². The molecule has 1 saturated heterocycles. The highest BCUT2D eigenvalue weighted by Crippen LogP contribution is 2.36. The number of pyridine rings is 1. The molecule has 3 heterocycles. The van der Waals surface area contributed by atoms with E-state index in [1.807, 2.05) is 55.1 Å². The Bertz CT molecular complexity index is 2020. The number of fused-ring (bicyclic) bond motifs is 2. The molecular weight excluding hydrogens is 578 g/mol. The highest BCUT2D eigenvalue weighted by atomic mass is 19.1. The van der Waals surface area contributed by atoms with Gasteiger partial charge in [-0.25, -0.2) is 27.9 Å². The first-order chi connectivity index (χ1) is 21.3. The molecule has 1 atom stereocenters. The number of carbonyl (C=O) groups is 1. The summed E-state index contributed by atoms with van der Waals surface area (Å²) in [6.45, 7) is 10.1. The second kappa shape index (κ2) is 11.1. The minimum absolute atomic E-state index is 0.0113. The molecular formula is C34H34F2N6O3. The van der Waals surface area contributed by atoms with Crippen molar-refractivity contribution in [3.63, 3.8) is 0 Å². The largest absolute Gasteiger partial charge is 0.444 e. The zero-order chi connectivity index (χ0) is 32.2.